The summed E-state index contributed by atoms with van der Waals surface area (Å²) >= 11 is 1.32. The first-order valence-electron chi connectivity index (χ1n) is 7.17. The third-order valence-corrected chi connectivity index (χ3v) is 4.36. The van der Waals surface area contributed by atoms with Gasteiger partial charge >= 0.3 is 0 Å². The molecule has 0 radical (unpaired) electrons. The number of carbonyl (C=O) groups excluding carboxylic acids is 1. The van der Waals surface area contributed by atoms with Crippen LogP contribution in [0.25, 0.3) is 0 Å². The van der Waals surface area contributed by atoms with E-state index in [4.69, 9.17) is 4.74 Å². The number of aryl methyl sites for hydroxylation is 1. The van der Waals surface area contributed by atoms with Crippen molar-refractivity contribution in [1.82, 2.24) is 14.5 Å². The van der Waals surface area contributed by atoms with E-state index in [2.05, 4.69) is 4.98 Å². The molecule has 7 heteroatoms. The average Bonchev–Trinajstić information content (AvgIpc) is 2.50. The maximum atomic E-state index is 12.1. The third kappa shape index (κ3) is 4.31. The van der Waals surface area contributed by atoms with Crippen LogP contribution in [0.2, 0.25) is 0 Å². The Morgan fingerprint density at radius 1 is 1.43 bits per heavy atom. The Morgan fingerprint density at radius 3 is 2.81 bits per heavy atom. The Hall–Kier alpha value is -1.34. The number of amides is 1. The molecule has 1 aromatic rings. The van der Waals surface area contributed by atoms with Crippen molar-refractivity contribution in [1.29, 1.82) is 0 Å². The molecule has 0 bridgehead atoms. The second-order valence-electron chi connectivity index (χ2n) is 4.96. The van der Waals surface area contributed by atoms with Crippen LogP contribution in [-0.2, 0) is 23.0 Å². The van der Waals surface area contributed by atoms with Crippen molar-refractivity contribution in [3.63, 3.8) is 0 Å². The fraction of sp³-hybridized carbons (Fsp3) is 0.643. The molecule has 2 rings (SSSR count). The number of hydrogen-bond donors (Lipinski definition) is 0. The van der Waals surface area contributed by atoms with Crippen molar-refractivity contribution in [2.75, 3.05) is 32.1 Å². The van der Waals surface area contributed by atoms with E-state index in [9.17, 15) is 9.59 Å². The SMILES string of the molecule is CCCc1cc(=O)n(C)c(SCC(=O)N2CCOCC2)n1. The highest BCUT2D eigenvalue weighted by molar-refractivity contribution is 7.99. The van der Waals surface area contributed by atoms with Crippen LogP contribution in [0.15, 0.2) is 16.0 Å². The highest BCUT2D eigenvalue weighted by atomic mass is 32.2. The minimum atomic E-state index is -0.0743. The number of hydrogen-bond acceptors (Lipinski definition) is 5. The Kier molecular flexibility index (Phi) is 5.81. The third-order valence-electron chi connectivity index (χ3n) is 3.34. The van der Waals surface area contributed by atoms with Gasteiger partial charge in [-0.05, 0) is 6.42 Å². The van der Waals surface area contributed by atoms with E-state index in [1.165, 1.54) is 16.3 Å². The number of carbonyl (C=O) groups is 1. The van der Waals surface area contributed by atoms with Crippen LogP contribution >= 0.6 is 11.8 Å². The molecule has 0 atom stereocenters. The minimum absolute atomic E-state index is 0.0680. The van der Waals surface area contributed by atoms with Gasteiger partial charge < -0.3 is 9.64 Å². The number of thioether (sulfide) groups is 1. The molecule has 0 saturated carbocycles. The molecule has 1 amide bonds. The number of aromatic nitrogens is 2. The molecule has 0 aliphatic carbocycles. The summed E-state index contributed by atoms with van der Waals surface area (Å²) < 4.78 is 6.73. The lowest BCUT2D eigenvalue weighted by Gasteiger charge is -2.26. The van der Waals surface area contributed by atoms with Gasteiger partial charge in [0.25, 0.3) is 5.56 Å². The smallest absolute Gasteiger partial charge is 0.254 e. The first kappa shape index (κ1) is 16.0. The van der Waals surface area contributed by atoms with Crippen molar-refractivity contribution in [3.05, 3.63) is 22.1 Å². The lowest BCUT2D eigenvalue weighted by molar-refractivity contribution is -0.132. The van der Waals surface area contributed by atoms with Crippen LogP contribution in [-0.4, -0.2) is 52.4 Å². The second kappa shape index (κ2) is 7.61. The normalized spacial score (nSPS) is 15.2. The van der Waals surface area contributed by atoms with Gasteiger partial charge in [-0.3, -0.25) is 14.2 Å². The van der Waals surface area contributed by atoms with Crippen molar-refractivity contribution < 1.29 is 9.53 Å². The molecular weight excluding hydrogens is 290 g/mol. The molecule has 116 valence electrons. The standard InChI is InChI=1S/C14H21N3O3S/c1-3-4-11-9-12(18)16(2)14(15-11)21-10-13(19)17-5-7-20-8-6-17/h9H,3-8,10H2,1-2H3. The van der Waals surface area contributed by atoms with Gasteiger partial charge in [-0.15, -0.1) is 0 Å². The van der Waals surface area contributed by atoms with Crippen molar-refractivity contribution >= 4 is 17.7 Å². The van der Waals surface area contributed by atoms with E-state index >= 15 is 0 Å². The number of morpholine rings is 1. The number of nitrogens with zero attached hydrogens (tertiary/aromatic N) is 3. The molecule has 0 unspecified atom stereocenters. The molecule has 1 saturated heterocycles. The maximum absolute atomic E-state index is 12.1. The van der Waals surface area contributed by atoms with Crippen molar-refractivity contribution in [2.45, 2.75) is 24.9 Å². The average molecular weight is 311 g/mol. The fourth-order valence-electron chi connectivity index (χ4n) is 2.11. The lowest BCUT2D eigenvalue weighted by Crippen LogP contribution is -2.41. The van der Waals surface area contributed by atoms with Crippen molar-refractivity contribution in [2.24, 2.45) is 7.05 Å². The summed E-state index contributed by atoms with van der Waals surface area (Å²) in [4.78, 5) is 30.3. The quantitative estimate of drug-likeness (QED) is 0.591. The lowest BCUT2D eigenvalue weighted by atomic mass is 10.2. The number of rotatable bonds is 5. The molecule has 6 nitrogen and oxygen atoms in total. The highest BCUT2D eigenvalue weighted by Gasteiger charge is 2.17. The van der Waals surface area contributed by atoms with E-state index in [1.54, 1.807) is 18.0 Å². The molecule has 0 N–H and O–H groups in total. The van der Waals surface area contributed by atoms with Crippen molar-refractivity contribution in [3.8, 4) is 0 Å². The Balaban J connectivity index is 2.01. The van der Waals surface area contributed by atoms with Crippen LogP contribution < -0.4 is 5.56 Å². The summed E-state index contributed by atoms with van der Waals surface area (Å²) in [7, 11) is 1.69. The topological polar surface area (TPSA) is 64.4 Å². The van der Waals surface area contributed by atoms with Gasteiger partial charge in [0.15, 0.2) is 5.16 Å². The zero-order valence-electron chi connectivity index (χ0n) is 12.5. The maximum Gasteiger partial charge on any atom is 0.254 e. The number of ether oxygens (including phenoxy) is 1. The molecule has 2 heterocycles. The zero-order chi connectivity index (χ0) is 15.2. The molecule has 0 aromatic carbocycles. The summed E-state index contributed by atoms with van der Waals surface area (Å²) in [5, 5.41) is 0.604. The second-order valence-corrected chi connectivity index (χ2v) is 5.90. The predicted molar refractivity (Wildman–Crippen MR) is 81.6 cm³/mol. The van der Waals surface area contributed by atoms with Crippen LogP contribution in [0.1, 0.15) is 19.0 Å². The van der Waals surface area contributed by atoms with Crippen LogP contribution in [0.3, 0.4) is 0 Å². The molecule has 0 spiro atoms. The Morgan fingerprint density at radius 2 is 2.14 bits per heavy atom. The minimum Gasteiger partial charge on any atom is -0.378 e. The van der Waals surface area contributed by atoms with E-state index in [0.29, 0.717) is 37.2 Å². The first-order valence-corrected chi connectivity index (χ1v) is 8.15. The van der Waals surface area contributed by atoms with Crippen LogP contribution in [0, 0.1) is 0 Å². The molecular formula is C14H21N3O3S. The van der Waals surface area contributed by atoms with E-state index in [-0.39, 0.29) is 11.5 Å². The summed E-state index contributed by atoms with van der Waals surface area (Å²) in [5.74, 6) is 0.369. The van der Waals surface area contributed by atoms with Crippen LogP contribution in [0.4, 0.5) is 0 Å². The first-order chi connectivity index (χ1) is 10.1. The van der Waals surface area contributed by atoms with E-state index in [1.807, 2.05) is 6.92 Å². The molecule has 1 aromatic heterocycles. The summed E-state index contributed by atoms with van der Waals surface area (Å²) in [5.41, 5.74) is 0.719. The largest absolute Gasteiger partial charge is 0.378 e. The zero-order valence-corrected chi connectivity index (χ0v) is 13.3. The summed E-state index contributed by atoms with van der Waals surface area (Å²) in [6.07, 6.45) is 1.72. The van der Waals surface area contributed by atoms with Gasteiger partial charge in [-0.1, -0.05) is 25.1 Å². The van der Waals surface area contributed by atoms with E-state index in [0.717, 1.165) is 18.5 Å². The monoisotopic (exact) mass is 311 g/mol. The van der Waals surface area contributed by atoms with Gasteiger partial charge in [-0.2, -0.15) is 0 Å². The highest BCUT2D eigenvalue weighted by Crippen LogP contribution is 2.15. The Labute approximate surface area is 128 Å². The molecule has 1 fully saturated rings. The fourth-order valence-corrected chi connectivity index (χ4v) is 3.01. The molecule has 21 heavy (non-hydrogen) atoms. The summed E-state index contributed by atoms with van der Waals surface area (Å²) in [6, 6.07) is 1.57. The van der Waals surface area contributed by atoms with E-state index < -0.39 is 0 Å². The van der Waals surface area contributed by atoms with Gasteiger partial charge in [0.1, 0.15) is 0 Å². The van der Waals surface area contributed by atoms with Crippen LogP contribution in [0.5, 0.6) is 0 Å². The molecule has 1 aliphatic heterocycles. The molecule has 1 aliphatic rings. The van der Waals surface area contributed by atoms with Gasteiger partial charge in [0.2, 0.25) is 5.91 Å². The predicted octanol–water partition coefficient (Wildman–Crippen LogP) is 0.684. The Bertz CT molecular complexity index is 553. The van der Waals surface area contributed by atoms with Gasteiger partial charge in [-0.25, -0.2) is 4.98 Å². The van der Waals surface area contributed by atoms with Gasteiger partial charge in [0, 0.05) is 31.9 Å². The summed E-state index contributed by atoms with van der Waals surface area (Å²) in [6.45, 7) is 4.52. The van der Waals surface area contributed by atoms with Gasteiger partial charge in [0.05, 0.1) is 19.0 Å².